The van der Waals surface area contributed by atoms with E-state index in [0.717, 1.165) is 52.0 Å². The Bertz CT molecular complexity index is 876. The number of hydrogen-bond acceptors (Lipinski definition) is 3. The van der Waals surface area contributed by atoms with Gasteiger partial charge >= 0.3 is 0 Å². The van der Waals surface area contributed by atoms with Crippen molar-refractivity contribution < 1.29 is 9.53 Å². The highest BCUT2D eigenvalue weighted by molar-refractivity contribution is 9.10. The Labute approximate surface area is 157 Å². The van der Waals surface area contributed by atoms with Gasteiger partial charge in [0, 0.05) is 22.2 Å². The summed E-state index contributed by atoms with van der Waals surface area (Å²) in [4.78, 5) is 12.3. The minimum Gasteiger partial charge on any atom is -0.488 e. The van der Waals surface area contributed by atoms with Crippen LogP contribution < -0.4 is 4.74 Å². The van der Waals surface area contributed by atoms with Crippen molar-refractivity contribution >= 4 is 43.4 Å². The number of Topliss-reactive ketones (excluding diaryl/α,β-unsaturated/α-hetero) is 1. The van der Waals surface area contributed by atoms with Gasteiger partial charge in [-0.15, -0.1) is 0 Å². The molecule has 0 radical (unpaired) electrons. The van der Waals surface area contributed by atoms with E-state index < -0.39 is 0 Å². The molecule has 2 aromatic rings. The van der Waals surface area contributed by atoms with E-state index in [-0.39, 0.29) is 10.6 Å². The van der Waals surface area contributed by atoms with Gasteiger partial charge < -0.3 is 10.1 Å². The van der Waals surface area contributed by atoms with E-state index in [9.17, 15) is 4.79 Å². The van der Waals surface area contributed by atoms with E-state index in [2.05, 4.69) is 44.0 Å². The number of rotatable bonds is 2. The average molecular weight is 449 g/mol. The number of hydrogen-bond donors (Lipinski definition) is 1. The number of alkyl halides is 2. The number of fused-ring (bicyclic) bond motifs is 4. The Hall–Kier alpha value is -1.46. The van der Waals surface area contributed by atoms with Crippen LogP contribution in [0.4, 0.5) is 0 Å². The first-order valence-corrected chi connectivity index (χ1v) is 9.87. The maximum absolute atomic E-state index is 12.4. The fourth-order valence-corrected chi connectivity index (χ4v) is 4.17. The van der Waals surface area contributed by atoms with E-state index >= 15 is 0 Å². The van der Waals surface area contributed by atoms with Crippen LogP contribution in [0.5, 0.6) is 5.75 Å². The summed E-state index contributed by atoms with van der Waals surface area (Å²) in [6, 6.07) is 10.1. The van der Waals surface area contributed by atoms with E-state index in [0.29, 0.717) is 17.6 Å². The Morgan fingerprint density at radius 2 is 2.00 bits per heavy atom. The number of carbonyl (C=O) groups excluding carboxylic acids is 1. The molecule has 0 bridgehead atoms. The molecule has 1 aliphatic heterocycles. The van der Waals surface area contributed by atoms with Crippen molar-refractivity contribution in [3.8, 4) is 16.9 Å². The first kappa shape index (κ1) is 16.0. The Balaban J connectivity index is 1.82. The number of benzene rings is 2. The summed E-state index contributed by atoms with van der Waals surface area (Å²) in [5.41, 5.74) is 6.62. The molecule has 1 atom stereocenters. The lowest BCUT2D eigenvalue weighted by molar-refractivity contribution is 0.0981. The molecule has 4 rings (SSSR count). The molecule has 0 spiro atoms. The largest absolute Gasteiger partial charge is 0.488 e. The van der Waals surface area contributed by atoms with Crippen LogP contribution in [0.2, 0.25) is 0 Å². The van der Waals surface area contributed by atoms with Gasteiger partial charge in [-0.05, 0) is 53.3 Å². The van der Waals surface area contributed by atoms with Crippen molar-refractivity contribution in [3.63, 3.8) is 0 Å². The Morgan fingerprint density at radius 1 is 1.17 bits per heavy atom. The lowest BCUT2D eigenvalue weighted by atomic mass is 9.85. The summed E-state index contributed by atoms with van der Waals surface area (Å²) >= 11 is 6.79. The van der Waals surface area contributed by atoms with Gasteiger partial charge in [0.05, 0.1) is 4.83 Å². The second-order valence-corrected chi connectivity index (χ2v) is 7.81. The molecule has 0 saturated heterocycles. The van der Waals surface area contributed by atoms with Crippen LogP contribution in [-0.4, -0.2) is 21.7 Å². The van der Waals surface area contributed by atoms with Crippen molar-refractivity contribution in [1.29, 1.82) is 5.41 Å². The fraction of sp³-hybridized carbons (Fsp3) is 0.263. The van der Waals surface area contributed by atoms with Crippen LogP contribution in [0, 0.1) is 5.41 Å². The number of aryl methyl sites for hydroxylation is 1. The van der Waals surface area contributed by atoms with Gasteiger partial charge in [-0.3, -0.25) is 4.79 Å². The number of halogens is 2. The molecule has 0 saturated carbocycles. The van der Waals surface area contributed by atoms with Gasteiger partial charge in [0.1, 0.15) is 12.4 Å². The molecule has 1 N–H and O–H groups in total. The molecule has 2 aliphatic rings. The molecule has 1 heterocycles. The second-order valence-electron chi connectivity index (χ2n) is 6.15. The van der Waals surface area contributed by atoms with Crippen molar-refractivity contribution in [2.24, 2.45) is 0 Å². The third-order valence-electron chi connectivity index (χ3n) is 4.68. The van der Waals surface area contributed by atoms with Crippen LogP contribution in [0.3, 0.4) is 0 Å². The van der Waals surface area contributed by atoms with Gasteiger partial charge in [-0.1, -0.05) is 44.0 Å². The van der Waals surface area contributed by atoms with Gasteiger partial charge in [0.25, 0.3) is 0 Å². The van der Waals surface area contributed by atoms with Gasteiger partial charge in [-0.2, -0.15) is 0 Å². The van der Waals surface area contributed by atoms with Crippen LogP contribution in [0.15, 0.2) is 30.3 Å². The molecule has 1 unspecified atom stereocenters. The van der Waals surface area contributed by atoms with E-state index in [4.69, 9.17) is 10.1 Å². The topological polar surface area (TPSA) is 50.1 Å². The smallest absolute Gasteiger partial charge is 0.176 e. The summed E-state index contributed by atoms with van der Waals surface area (Å²) in [5, 5.41) is 8.51. The van der Waals surface area contributed by atoms with Crippen LogP contribution in [-0.2, 0) is 13.0 Å². The summed E-state index contributed by atoms with van der Waals surface area (Å²) in [7, 11) is 0. The van der Waals surface area contributed by atoms with Crippen molar-refractivity contribution in [1.82, 2.24) is 0 Å². The predicted molar refractivity (Wildman–Crippen MR) is 102 cm³/mol. The van der Waals surface area contributed by atoms with E-state index in [1.165, 1.54) is 0 Å². The molecular formula is C19H15Br2NO2. The molecule has 0 fully saturated rings. The normalized spacial score (nSPS) is 18.2. The highest BCUT2D eigenvalue weighted by Crippen LogP contribution is 2.41. The van der Waals surface area contributed by atoms with Gasteiger partial charge in [0.2, 0.25) is 0 Å². The maximum Gasteiger partial charge on any atom is 0.176 e. The van der Waals surface area contributed by atoms with Gasteiger partial charge in [0.15, 0.2) is 5.78 Å². The molecule has 5 heteroatoms. The lowest BCUT2D eigenvalue weighted by Crippen LogP contribution is -2.23. The zero-order valence-electron chi connectivity index (χ0n) is 12.9. The van der Waals surface area contributed by atoms with Crippen molar-refractivity contribution in [2.45, 2.75) is 24.3 Å². The molecule has 24 heavy (non-hydrogen) atoms. The predicted octanol–water partition coefficient (Wildman–Crippen LogP) is 4.90. The Morgan fingerprint density at radius 3 is 2.79 bits per heavy atom. The maximum atomic E-state index is 12.4. The monoisotopic (exact) mass is 447 g/mol. The van der Waals surface area contributed by atoms with E-state index in [1.807, 2.05) is 18.2 Å². The molecular weight excluding hydrogens is 434 g/mol. The number of carbonyl (C=O) groups is 1. The minimum absolute atomic E-state index is 0.0863. The minimum atomic E-state index is -0.0863. The van der Waals surface area contributed by atoms with Crippen LogP contribution in [0.1, 0.15) is 33.5 Å². The highest BCUT2D eigenvalue weighted by atomic mass is 79.9. The van der Waals surface area contributed by atoms with Gasteiger partial charge in [-0.25, -0.2) is 0 Å². The van der Waals surface area contributed by atoms with Crippen LogP contribution in [0.25, 0.3) is 11.1 Å². The summed E-state index contributed by atoms with van der Waals surface area (Å²) in [6.07, 6.45) is 1.73. The molecule has 3 nitrogen and oxygen atoms in total. The van der Waals surface area contributed by atoms with Crippen molar-refractivity contribution in [3.05, 3.63) is 52.6 Å². The van der Waals surface area contributed by atoms with E-state index in [1.54, 1.807) is 0 Å². The standard InChI is InChI=1S/C19H15Br2NO2/c20-8-17(22)11-1-3-13-12(5-11)9-24-18-7-14-10(6-15(13)18)2-4-16(21)19(14)23/h1,3,5-7,16,22H,2,4,8-9H2. The SMILES string of the molecule is N=C(CBr)c1ccc2c(c1)COc1cc3c(cc1-2)CCC(Br)C3=O. The first-order valence-electron chi connectivity index (χ1n) is 7.83. The zero-order valence-corrected chi connectivity index (χ0v) is 16.0. The number of ketones is 1. The highest BCUT2D eigenvalue weighted by Gasteiger charge is 2.28. The molecule has 0 amide bonds. The lowest BCUT2D eigenvalue weighted by Gasteiger charge is -2.26. The summed E-state index contributed by atoms with van der Waals surface area (Å²) in [6.45, 7) is 0.469. The molecule has 1 aliphatic carbocycles. The molecule has 2 aromatic carbocycles. The Kier molecular flexibility index (Phi) is 4.09. The zero-order chi connectivity index (χ0) is 16.8. The third kappa shape index (κ3) is 2.54. The third-order valence-corrected chi connectivity index (χ3v) is 6.12. The molecule has 122 valence electrons. The fourth-order valence-electron chi connectivity index (χ4n) is 3.37. The first-order chi connectivity index (χ1) is 11.6. The summed E-state index contributed by atoms with van der Waals surface area (Å²) < 4.78 is 5.92. The quantitative estimate of drug-likeness (QED) is 0.524. The molecule has 0 aromatic heterocycles. The second kappa shape index (κ2) is 6.12. The number of ether oxygens (including phenoxy) is 1. The van der Waals surface area contributed by atoms with Crippen molar-refractivity contribution in [2.75, 3.05) is 5.33 Å². The summed E-state index contributed by atoms with van der Waals surface area (Å²) in [5.74, 6) is 0.925. The number of nitrogens with one attached hydrogen (secondary N) is 1. The average Bonchev–Trinajstić information content (AvgIpc) is 2.62. The van der Waals surface area contributed by atoms with Crippen LogP contribution >= 0.6 is 31.9 Å².